The molecule has 0 spiro atoms. The van der Waals surface area contributed by atoms with Crippen LogP contribution >= 0.6 is 0 Å². The van der Waals surface area contributed by atoms with Crippen molar-refractivity contribution in [1.82, 2.24) is 0 Å². The summed E-state index contributed by atoms with van der Waals surface area (Å²) in [7, 11) is 0. The van der Waals surface area contributed by atoms with E-state index in [1.54, 1.807) is 0 Å². The third-order valence-corrected chi connectivity index (χ3v) is 6.30. The van der Waals surface area contributed by atoms with Gasteiger partial charge in [0.05, 0.1) is 52.9 Å². The minimum absolute atomic E-state index is 0.00359. The molecule has 0 radical (unpaired) electrons. The van der Waals surface area contributed by atoms with Crippen molar-refractivity contribution in [1.29, 1.82) is 0 Å². The molecule has 0 aromatic heterocycles. The van der Waals surface area contributed by atoms with Crippen molar-refractivity contribution in [3.05, 3.63) is 94.5 Å². The van der Waals surface area contributed by atoms with E-state index in [9.17, 15) is 0 Å². The molecular formula is C34H46O6. The Bertz CT molecular complexity index is 1100. The quantitative estimate of drug-likeness (QED) is 0.162. The zero-order valence-electron chi connectivity index (χ0n) is 24.9. The lowest BCUT2D eigenvalue weighted by molar-refractivity contribution is 0.0274. The number of hydrogen-bond acceptors (Lipinski definition) is 6. The van der Waals surface area contributed by atoms with Crippen molar-refractivity contribution in [2.75, 3.05) is 52.9 Å². The molecule has 218 valence electrons. The molecule has 0 aliphatic carbocycles. The monoisotopic (exact) mass is 550 g/mol. The van der Waals surface area contributed by atoms with E-state index in [0.29, 0.717) is 77.6 Å². The smallest absolute Gasteiger partial charge is 0.161 e. The number of ether oxygens (including phenoxy) is 6. The molecule has 6 nitrogen and oxygen atoms in total. The maximum Gasteiger partial charge on any atom is 0.161 e. The maximum atomic E-state index is 6.07. The van der Waals surface area contributed by atoms with E-state index in [1.165, 1.54) is 16.7 Å². The summed E-state index contributed by atoms with van der Waals surface area (Å²) < 4.78 is 34.9. The van der Waals surface area contributed by atoms with E-state index in [1.807, 2.05) is 6.07 Å². The minimum Gasteiger partial charge on any atom is -0.487 e. The van der Waals surface area contributed by atoms with Crippen molar-refractivity contribution >= 4 is 0 Å². The van der Waals surface area contributed by atoms with Gasteiger partial charge in [0.25, 0.3) is 0 Å². The molecule has 3 aromatic carbocycles. The fourth-order valence-corrected chi connectivity index (χ4v) is 3.82. The first-order valence-corrected chi connectivity index (χ1v) is 14.1. The summed E-state index contributed by atoms with van der Waals surface area (Å²) in [6, 6.07) is 22.8. The zero-order chi connectivity index (χ0) is 28.6. The van der Waals surface area contributed by atoms with Gasteiger partial charge in [0.15, 0.2) is 11.5 Å². The highest BCUT2D eigenvalue weighted by molar-refractivity contribution is 5.45. The van der Waals surface area contributed by atoms with Crippen LogP contribution in [0.1, 0.15) is 48.6 Å². The second-order valence-corrected chi connectivity index (χ2v) is 10.9. The summed E-state index contributed by atoms with van der Waals surface area (Å²) in [6.45, 7) is 15.8. The van der Waals surface area contributed by atoms with E-state index in [4.69, 9.17) is 28.4 Å². The Labute approximate surface area is 240 Å². The molecule has 0 saturated carbocycles. The fourth-order valence-electron chi connectivity index (χ4n) is 3.82. The van der Waals surface area contributed by atoms with Gasteiger partial charge in [-0.15, -0.1) is 0 Å². The van der Waals surface area contributed by atoms with Crippen LogP contribution in [0.5, 0.6) is 11.5 Å². The van der Waals surface area contributed by atoms with Crippen LogP contribution in [0.3, 0.4) is 0 Å². The molecule has 0 saturated heterocycles. The van der Waals surface area contributed by atoms with Gasteiger partial charge in [-0.3, -0.25) is 0 Å². The van der Waals surface area contributed by atoms with Crippen LogP contribution in [0.25, 0.3) is 0 Å². The van der Waals surface area contributed by atoms with Gasteiger partial charge in [-0.25, -0.2) is 0 Å². The lowest BCUT2D eigenvalue weighted by atomic mass is 9.87. The van der Waals surface area contributed by atoms with Crippen molar-refractivity contribution in [2.45, 2.75) is 53.2 Å². The Kier molecular flexibility index (Phi) is 13.5. The first-order chi connectivity index (χ1) is 19.3. The predicted octanol–water partition coefficient (Wildman–Crippen LogP) is 6.83. The highest BCUT2D eigenvalue weighted by Crippen LogP contribution is 2.33. The first kappa shape index (κ1) is 31.6. The van der Waals surface area contributed by atoms with Gasteiger partial charge in [-0.1, -0.05) is 86.5 Å². The first-order valence-electron chi connectivity index (χ1n) is 14.1. The molecule has 3 aromatic rings. The third-order valence-electron chi connectivity index (χ3n) is 6.30. The van der Waals surface area contributed by atoms with Crippen LogP contribution in [-0.2, 0) is 37.6 Å². The van der Waals surface area contributed by atoms with Crippen molar-refractivity contribution in [3.8, 4) is 11.5 Å². The zero-order valence-corrected chi connectivity index (χ0v) is 24.9. The molecule has 0 aliphatic rings. The van der Waals surface area contributed by atoms with E-state index < -0.39 is 0 Å². The number of aryl methyl sites for hydroxylation is 2. The van der Waals surface area contributed by atoms with Gasteiger partial charge in [-0.2, -0.15) is 0 Å². The number of rotatable bonds is 18. The van der Waals surface area contributed by atoms with E-state index >= 15 is 0 Å². The summed E-state index contributed by atoms with van der Waals surface area (Å²) >= 11 is 0. The van der Waals surface area contributed by atoms with Crippen molar-refractivity contribution in [3.63, 3.8) is 0 Å². The van der Waals surface area contributed by atoms with Crippen LogP contribution in [-0.4, -0.2) is 52.9 Å². The molecule has 0 bridgehead atoms. The van der Waals surface area contributed by atoms with Gasteiger partial charge < -0.3 is 28.4 Å². The third kappa shape index (κ3) is 12.1. The Morgan fingerprint density at radius 1 is 0.475 bits per heavy atom. The standard InChI is InChI=1S/C34H46O6/c1-27-6-10-29(11-7-27)25-37-18-16-35-20-22-39-32-15-14-31(34(3,4)5)24-33(32)40-23-21-36-17-19-38-26-30-12-8-28(2)9-13-30/h6-15,24H,16-23,25-26H2,1-5H3. The Morgan fingerprint density at radius 3 is 1.38 bits per heavy atom. The van der Waals surface area contributed by atoms with E-state index in [2.05, 4.69) is 95.3 Å². The summed E-state index contributed by atoms with van der Waals surface area (Å²) in [5, 5.41) is 0. The molecule has 40 heavy (non-hydrogen) atoms. The average Bonchev–Trinajstić information content (AvgIpc) is 2.93. The highest BCUT2D eigenvalue weighted by atomic mass is 16.6. The van der Waals surface area contributed by atoms with Crippen molar-refractivity contribution in [2.24, 2.45) is 0 Å². The van der Waals surface area contributed by atoms with Gasteiger partial charge >= 0.3 is 0 Å². The molecule has 0 amide bonds. The largest absolute Gasteiger partial charge is 0.487 e. The maximum absolute atomic E-state index is 6.07. The normalized spacial score (nSPS) is 11.5. The lowest BCUT2D eigenvalue weighted by Gasteiger charge is -2.21. The summed E-state index contributed by atoms with van der Waals surface area (Å²) in [5.74, 6) is 1.42. The Hall–Kier alpha value is -2.90. The summed E-state index contributed by atoms with van der Waals surface area (Å²) in [4.78, 5) is 0. The molecular weight excluding hydrogens is 504 g/mol. The topological polar surface area (TPSA) is 55.4 Å². The molecule has 0 heterocycles. The number of hydrogen-bond donors (Lipinski definition) is 0. The Balaban J connectivity index is 1.32. The van der Waals surface area contributed by atoms with Crippen LogP contribution in [0.2, 0.25) is 0 Å². The van der Waals surface area contributed by atoms with Crippen LogP contribution in [0.4, 0.5) is 0 Å². The second-order valence-electron chi connectivity index (χ2n) is 10.9. The predicted molar refractivity (Wildman–Crippen MR) is 159 cm³/mol. The molecule has 3 rings (SSSR count). The van der Waals surface area contributed by atoms with Crippen molar-refractivity contribution < 1.29 is 28.4 Å². The van der Waals surface area contributed by atoms with Crippen LogP contribution in [0.15, 0.2) is 66.7 Å². The lowest BCUT2D eigenvalue weighted by Crippen LogP contribution is -2.15. The molecule has 6 heteroatoms. The average molecular weight is 551 g/mol. The molecule has 0 atom stereocenters. The Morgan fingerprint density at radius 2 is 0.900 bits per heavy atom. The number of benzene rings is 3. The second kappa shape index (κ2) is 17.0. The van der Waals surface area contributed by atoms with Gasteiger partial charge in [-0.05, 0) is 48.1 Å². The minimum atomic E-state index is 0.00359. The molecule has 0 aliphatic heterocycles. The molecule has 0 fully saturated rings. The summed E-state index contributed by atoms with van der Waals surface area (Å²) in [5.41, 5.74) is 6.01. The fraction of sp³-hybridized carbons (Fsp3) is 0.471. The van der Waals surface area contributed by atoms with Crippen LogP contribution in [0, 0.1) is 13.8 Å². The van der Waals surface area contributed by atoms with Gasteiger partial charge in [0.1, 0.15) is 13.2 Å². The van der Waals surface area contributed by atoms with Crippen LogP contribution < -0.4 is 9.47 Å². The SMILES string of the molecule is Cc1ccc(COCCOCCOc2ccc(C(C)(C)C)cc2OCCOCCOCc2ccc(C)cc2)cc1. The highest BCUT2D eigenvalue weighted by Gasteiger charge is 2.17. The van der Waals surface area contributed by atoms with E-state index in [0.717, 1.165) is 11.1 Å². The summed E-state index contributed by atoms with van der Waals surface area (Å²) in [6.07, 6.45) is 0. The molecule has 0 N–H and O–H groups in total. The van der Waals surface area contributed by atoms with Gasteiger partial charge in [0.2, 0.25) is 0 Å². The molecule has 0 unspecified atom stereocenters. The van der Waals surface area contributed by atoms with Gasteiger partial charge in [0, 0.05) is 0 Å². The van der Waals surface area contributed by atoms with E-state index in [-0.39, 0.29) is 5.41 Å².